The van der Waals surface area contributed by atoms with Crippen LogP contribution in [0, 0.1) is 13.0 Å². The third-order valence-corrected chi connectivity index (χ3v) is 1.30. The molecule has 0 N–H and O–H groups in total. The van der Waals surface area contributed by atoms with Crippen LogP contribution in [0.3, 0.4) is 0 Å². The van der Waals surface area contributed by atoms with E-state index >= 15 is 0 Å². The van der Waals surface area contributed by atoms with Gasteiger partial charge in [0.2, 0.25) is 0 Å². The van der Waals surface area contributed by atoms with Gasteiger partial charge in [-0.2, -0.15) is 0 Å². The minimum absolute atomic E-state index is 0.654. The first-order chi connectivity index (χ1) is 4.83. The Bertz CT molecular complexity index is 206. The molecular formula is C9H11O. The van der Waals surface area contributed by atoms with Gasteiger partial charge in [0.1, 0.15) is 0 Å². The zero-order valence-corrected chi connectivity index (χ0v) is 6.35. The van der Waals surface area contributed by atoms with E-state index in [0.29, 0.717) is 6.61 Å². The molecule has 0 aliphatic rings. The van der Waals surface area contributed by atoms with Crippen molar-refractivity contribution in [2.75, 3.05) is 7.11 Å². The van der Waals surface area contributed by atoms with Crippen molar-refractivity contribution in [3.63, 3.8) is 0 Å². The Labute approximate surface area is 61.6 Å². The molecule has 1 aromatic rings. The summed E-state index contributed by atoms with van der Waals surface area (Å²) in [5.41, 5.74) is 2.28. The van der Waals surface area contributed by atoms with Gasteiger partial charge < -0.3 is 4.74 Å². The molecule has 0 spiro atoms. The molecular weight excluding hydrogens is 124 g/mol. The van der Waals surface area contributed by atoms with E-state index in [1.807, 2.05) is 25.1 Å². The Kier molecular flexibility index (Phi) is 2.46. The fraction of sp³-hybridized carbons (Fsp3) is 0.333. The summed E-state index contributed by atoms with van der Waals surface area (Å²) >= 11 is 0. The van der Waals surface area contributed by atoms with Crippen molar-refractivity contribution in [3.05, 3.63) is 35.4 Å². The fourth-order valence-corrected chi connectivity index (χ4v) is 0.885. The lowest BCUT2D eigenvalue weighted by molar-refractivity contribution is 0.184. The zero-order valence-electron chi connectivity index (χ0n) is 6.35. The molecule has 0 saturated heterocycles. The summed E-state index contributed by atoms with van der Waals surface area (Å²) < 4.78 is 4.95. The molecule has 0 bridgehead atoms. The molecule has 0 aliphatic carbocycles. The van der Waals surface area contributed by atoms with Gasteiger partial charge >= 0.3 is 0 Å². The predicted molar refractivity (Wildman–Crippen MR) is 40.7 cm³/mol. The van der Waals surface area contributed by atoms with Crippen LogP contribution >= 0.6 is 0 Å². The van der Waals surface area contributed by atoms with E-state index in [1.54, 1.807) is 7.11 Å². The van der Waals surface area contributed by atoms with E-state index in [2.05, 4.69) is 6.07 Å². The van der Waals surface area contributed by atoms with Crippen LogP contribution in [-0.2, 0) is 11.3 Å². The van der Waals surface area contributed by atoms with E-state index < -0.39 is 0 Å². The first-order valence-corrected chi connectivity index (χ1v) is 3.29. The monoisotopic (exact) mass is 135 g/mol. The molecule has 0 unspecified atom stereocenters. The lowest BCUT2D eigenvalue weighted by atomic mass is 10.1. The van der Waals surface area contributed by atoms with Crippen LogP contribution in [0.2, 0.25) is 0 Å². The summed E-state index contributed by atoms with van der Waals surface area (Å²) in [6, 6.07) is 9.23. The summed E-state index contributed by atoms with van der Waals surface area (Å²) in [5, 5.41) is 0. The molecule has 53 valence electrons. The SMILES string of the molecule is COCc1[c]c(C)ccc1. The van der Waals surface area contributed by atoms with Crippen LogP contribution in [0.1, 0.15) is 11.1 Å². The molecule has 0 aromatic heterocycles. The zero-order chi connectivity index (χ0) is 7.40. The van der Waals surface area contributed by atoms with Crippen LogP contribution in [0.4, 0.5) is 0 Å². The van der Waals surface area contributed by atoms with Crippen LogP contribution in [0.5, 0.6) is 0 Å². The van der Waals surface area contributed by atoms with Gasteiger partial charge in [0.25, 0.3) is 0 Å². The lowest BCUT2D eigenvalue weighted by Gasteiger charge is -1.98. The van der Waals surface area contributed by atoms with Gasteiger partial charge in [0.05, 0.1) is 6.61 Å². The highest BCUT2D eigenvalue weighted by molar-refractivity contribution is 5.19. The number of ether oxygens (including phenoxy) is 1. The average molecular weight is 135 g/mol. The normalized spacial score (nSPS) is 9.80. The van der Waals surface area contributed by atoms with Crippen LogP contribution in [0.25, 0.3) is 0 Å². The van der Waals surface area contributed by atoms with Crippen molar-refractivity contribution < 1.29 is 4.74 Å². The smallest absolute Gasteiger partial charge is 0.0719 e. The summed E-state index contributed by atoms with van der Waals surface area (Å²) in [7, 11) is 1.69. The lowest BCUT2D eigenvalue weighted by Crippen LogP contribution is -1.87. The molecule has 0 heterocycles. The molecule has 0 aliphatic heterocycles. The fourth-order valence-electron chi connectivity index (χ4n) is 0.885. The Balaban J connectivity index is 2.75. The van der Waals surface area contributed by atoms with Crippen molar-refractivity contribution >= 4 is 0 Å². The van der Waals surface area contributed by atoms with Crippen molar-refractivity contribution in [3.8, 4) is 0 Å². The second-order valence-electron chi connectivity index (χ2n) is 2.29. The Morgan fingerprint density at radius 3 is 2.90 bits per heavy atom. The largest absolute Gasteiger partial charge is 0.380 e. The van der Waals surface area contributed by atoms with E-state index in [4.69, 9.17) is 4.74 Å². The van der Waals surface area contributed by atoms with Crippen LogP contribution in [-0.4, -0.2) is 7.11 Å². The number of hydrogen-bond acceptors (Lipinski definition) is 1. The van der Waals surface area contributed by atoms with Crippen molar-refractivity contribution in [2.45, 2.75) is 13.5 Å². The van der Waals surface area contributed by atoms with Crippen molar-refractivity contribution in [1.29, 1.82) is 0 Å². The molecule has 0 atom stereocenters. The second-order valence-corrected chi connectivity index (χ2v) is 2.29. The van der Waals surface area contributed by atoms with Crippen LogP contribution in [0.15, 0.2) is 18.2 Å². The molecule has 10 heavy (non-hydrogen) atoms. The molecule has 0 saturated carbocycles. The average Bonchev–Trinajstić information content (AvgIpc) is 1.88. The first-order valence-electron chi connectivity index (χ1n) is 3.29. The van der Waals surface area contributed by atoms with Crippen LogP contribution < -0.4 is 0 Å². The number of rotatable bonds is 2. The highest BCUT2D eigenvalue weighted by Crippen LogP contribution is 2.02. The molecule has 1 radical (unpaired) electrons. The van der Waals surface area contributed by atoms with Gasteiger partial charge in [-0.3, -0.25) is 0 Å². The minimum Gasteiger partial charge on any atom is -0.380 e. The first kappa shape index (κ1) is 7.29. The molecule has 0 amide bonds. The molecule has 1 nitrogen and oxygen atoms in total. The summed E-state index contributed by atoms with van der Waals surface area (Å²) in [6.45, 7) is 2.68. The molecule has 1 rings (SSSR count). The molecule has 1 heteroatoms. The van der Waals surface area contributed by atoms with Gasteiger partial charge in [-0.25, -0.2) is 0 Å². The summed E-state index contributed by atoms with van der Waals surface area (Å²) in [6.07, 6.45) is 0. The Morgan fingerprint density at radius 1 is 1.50 bits per heavy atom. The summed E-state index contributed by atoms with van der Waals surface area (Å²) in [5.74, 6) is 0. The van der Waals surface area contributed by atoms with Crippen molar-refractivity contribution in [1.82, 2.24) is 0 Å². The van der Waals surface area contributed by atoms with Gasteiger partial charge in [0, 0.05) is 7.11 Å². The standard InChI is InChI=1S/C9H11O/c1-8-4-3-5-9(6-8)7-10-2/h3-5H,7H2,1-2H3. The quantitative estimate of drug-likeness (QED) is 0.602. The molecule has 0 fully saturated rings. The maximum absolute atomic E-state index is 4.95. The van der Waals surface area contributed by atoms with Gasteiger partial charge in [-0.1, -0.05) is 18.2 Å². The number of hydrogen-bond donors (Lipinski definition) is 0. The second kappa shape index (κ2) is 3.37. The van der Waals surface area contributed by atoms with E-state index in [9.17, 15) is 0 Å². The number of benzene rings is 1. The maximum atomic E-state index is 4.95. The summed E-state index contributed by atoms with van der Waals surface area (Å²) in [4.78, 5) is 0. The highest BCUT2D eigenvalue weighted by atomic mass is 16.5. The molecule has 1 aromatic carbocycles. The van der Waals surface area contributed by atoms with Gasteiger partial charge in [0.15, 0.2) is 0 Å². The van der Waals surface area contributed by atoms with Gasteiger partial charge in [-0.15, -0.1) is 0 Å². The Hall–Kier alpha value is -0.820. The Morgan fingerprint density at radius 2 is 2.30 bits per heavy atom. The number of aryl methyl sites for hydroxylation is 1. The third kappa shape index (κ3) is 1.85. The predicted octanol–water partition coefficient (Wildman–Crippen LogP) is 1.94. The number of methoxy groups -OCH3 is 1. The third-order valence-electron chi connectivity index (χ3n) is 1.30. The van der Waals surface area contributed by atoms with Gasteiger partial charge in [-0.05, 0) is 24.1 Å². The van der Waals surface area contributed by atoms with Crippen molar-refractivity contribution in [2.24, 2.45) is 0 Å². The topological polar surface area (TPSA) is 9.23 Å². The van der Waals surface area contributed by atoms with E-state index in [0.717, 1.165) is 11.1 Å². The minimum atomic E-state index is 0.654. The maximum Gasteiger partial charge on any atom is 0.0719 e. The highest BCUT2D eigenvalue weighted by Gasteiger charge is 1.90. The van der Waals surface area contributed by atoms with E-state index in [-0.39, 0.29) is 0 Å². The van der Waals surface area contributed by atoms with E-state index in [1.165, 1.54) is 0 Å².